The fourth-order valence-electron chi connectivity index (χ4n) is 4.13. The first-order valence-corrected chi connectivity index (χ1v) is 11.0. The molecular weight excluding hydrogens is 457 g/mol. The Bertz CT molecular complexity index is 1470. The minimum absolute atomic E-state index is 0.0420. The van der Waals surface area contributed by atoms with Gasteiger partial charge in [0, 0.05) is 40.8 Å². The first-order valence-electron chi connectivity index (χ1n) is 10.6. The molecule has 0 fully saturated rings. The highest BCUT2D eigenvalue weighted by Crippen LogP contribution is 2.40. The summed E-state index contributed by atoms with van der Waals surface area (Å²) in [5.74, 6) is 1.24. The maximum atomic E-state index is 14.1. The van der Waals surface area contributed by atoms with E-state index in [2.05, 4.69) is 0 Å². The van der Waals surface area contributed by atoms with E-state index in [0.29, 0.717) is 27.6 Å². The average molecular weight is 478 g/mol. The van der Waals surface area contributed by atoms with Crippen molar-refractivity contribution in [1.82, 2.24) is 4.57 Å². The first-order chi connectivity index (χ1) is 16.4. The van der Waals surface area contributed by atoms with Crippen LogP contribution in [-0.2, 0) is 13.7 Å². The number of carbonyl (C=O) groups is 1. The van der Waals surface area contributed by atoms with Crippen LogP contribution in [0.1, 0.15) is 27.0 Å². The Morgan fingerprint density at radius 2 is 2.00 bits per heavy atom. The number of Topliss-reactive ketones (excluding diaryl/α,β-unsaturated/α-hetero) is 1. The molecule has 5 rings (SSSR count). The largest absolute Gasteiger partial charge is 0.497 e. The number of aromatic nitrogens is 1. The van der Waals surface area contributed by atoms with Crippen molar-refractivity contribution in [2.75, 3.05) is 7.11 Å². The summed E-state index contributed by atoms with van der Waals surface area (Å²) in [7, 11) is 3.56. The van der Waals surface area contributed by atoms with Crippen LogP contribution in [0, 0.1) is 12.7 Å². The van der Waals surface area contributed by atoms with Gasteiger partial charge in [-0.25, -0.2) is 4.39 Å². The monoisotopic (exact) mass is 477 g/mol. The van der Waals surface area contributed by atoms with Crippen LogP contribution in [0.3, 0.4) is 0 Å². The molecule has 0 spiro atoms. The highest BCUT2D eigenvalue weighted by atomic mass is 35.5. The molecule has 4 aromatic rings. The van der Waals surface area contributed by atoms with E-state index in [9.17, 15) is 9.18 Å². The van der Waals surface area contributed by atoms with Crippen LogP contribution in [0.4, 0.5) is 4.39 Å². The third-order valence-electron chi connectivity index (χ3n) is 5.98. The number of rotatable bonds is 5. The standard InChI is InChI=1S/C27H21ClFNO4/c1-15-24(33-14-20-21(28)5-4-6-22(20)29)10-8-18-26(31)25(34-27(15)18)11-16-13-30(2)23-9-7-17(32-3)12-19(16)23/h4-13H,14H2,1-3H3/b25-11+. The quantitative estimate of drug-likeness (QED) is 0.308. The van der Waals surface area contributed by atoms with E-state index in [1.807, 2.05) is 36.0 Å². The lowest BCUT2D eigenvalue weighted by Gasteiger charge is -2.12. The minimum Gasteiger partial charge on any atom is -0.497 e. The van der Waals surface area contributed by atoms with Gasteiger partial charge in [0.15, 0.2) is 5.76 Å². The van der Waals surface area contributed by atoms with Crippen molar-refractivity contribution in [2.24, 2.45) is 7.05 Å². The second-order valence-electron chi connectivity index (χ2n) is 8.07. The Morgan fingerprint density at radius 3 is 2.76 bits per heavy atom. The molecular formula is C27H21ClFNO4. The SMILES string of the molecule is COc1ccc2c(c1)c(/C=C1/Oc3c(ccc(OCc4c(F)cccc4Cl)c3C)C1=O)cn2C. The number of ether oxygens (including phenoxy) is 3. The van der Waals surface area contributed by atoms with Crippen molar-refractivity contribution in [3.63, 3.8) is 0 Å². The molecule has 0 atom stereocenters. The molecule has 2 heterocycles. The number of methoxy groups -OCH3 is 1. The van der Waals surface area contributed by atoms with E-state index in [-0.39, 0.29) is 23.7 Å². The summed E-state index contributed by atoms with van der Waals surface area (Å²) < 4.78 is 33.3. The number of benzene rings is 3. The van der Waals surface area contributed by atoms with Gasteiger partial charge in [-0.15, -0.1) is 0 Å². The molecule has 0 amide bonds. The van der Waals surface area contributed by atoms with Crippen LogP contribution in [0.2, 0.25) is 5.02 Å². The van der Waals surface area contributed by atoms with E-state index in [4.69, 9.17) is 25.8 Å². The summed E-state index contributed by atoms with van der Waals surface area (Å²) in [6, 6.07) is 13.6. The predicted octanol–water partition coefficient (Wildman–Crippen LogP) is 6.48. The molecule has 34 heavy (non-hydrogen) atoms. The summed E-state index contributed by atoms with van der Waals surface area (Å²) >= 11 is 6.10. The Balaban J connectivity index is 1.46. The van der Waals surface area contributed by atoms with Crippen LogP contribution >= 0.6 is 11.6 Å². The number of hydrogen-bond acceptors (Lipinski definition) is 4. The summed E-state index contributed by atoms with van der Waals surface area (Å²) in [4.78, 5) is 13.1. The third kappa shape index (κ3) is 3.70. The number of aryl methyl sites for hydroxylation is 1. The van der Waals surface area contributed by atoms with Gasteiger partial charge in [0.2, 0.25) is 5.78 Å². The predicted molar refractivity (Wildman–Crippen MR) is 129 cm³/mol. The zero-order chi connectivity index (χ0) is 24.0. The molecule has 5 nitrogen and oxygen atoms in total. The van der Waals surface area contributed by atoms with Crippen LogP contribution in [0.25, 0.3) is 17.0 Å². The number of allylic oxidation sites excluding steroid dienone is 1. The molecule has 3 aromatic carbocycles. The fourth-order valence-corrected chi connectivity index (χ4v) is 4.35. The normalized spacial score (nSPS) is 13.9. The second kappa shape index (κ2) is 8.54. The van der Waals surface area contributed by atoms with Gasteiger partial charge in [-0.1, -0.05) is 17.7 Å². The summed E-state index contributed by atoms with van der Waals surface area (Å²) in [6.45, 7) is 1.76. The number of fused-ring (bicyclic) bond motifs is 2. The maximum Gasteiger partial charge on any atom is 0.231 e. The third-order valence-corrected chi connectivity index (χ3v) is 6.34. The van der Waals surface area contributed by atoms with E-state index in [0.717, 1.165) is 22.2 Å². The summed E-state index contributed by atoms with van der Waals surface area (Å²) in [5.41, 5.74) is 3.23. The molecule has 1 aliphatic rings. The lowest BCUT2D eigenvalue weighted by molar-refractivity contribution is 0.101. The molecule has 7 heteroatoms. The van der Waals surface area contributed by atoms with E-state index in [1.165, 1.54) is 6.07 Å². The van der Waals surface area contributed by atoms with Crippen molar-refractivity contribution in [1.29, 1.82) is 0 Å². The van der Waals surface area contributed by atoms with Crippen LogP contribution in [-0.4, -0.2) is 17.5 Å². The number of carbonyl (C=O) groups excluding carboxylic acids is 1. The van der Waals surface area contributed by atoms with Crippen LogP contribution < -0.4 is 14.2 Å². The van der Waals surface area contributed by atoms with E-state index >= 15 is 0 Å². The number of nitrogens with zero attached hydrogens (tertiary/aromatic N) is 1. The van der Waals surface area contributed by atoms with Gasteiger partial charge >= 0.3 is 0 Å². The maximum absolute atomic E-state index is 14.1. The van der Waals surface area contributed by atoms with E-state index in [1.54, 1.807) is 44.4 Å². The van der Waals surface area contributed by atoms with Gasteiger partial charge in [-0.2, -0.15) is 0 Å². The molecule has 172 valence electrons. The van der Waals surface area contributed by atoms with Crippen LogP contribution in [0.15, 0.2) is 60.5 Å². The van der Waals surface area contributed by atoms with Gasteiger partial charge in [0.05, 0.1) is 17.7 Å². The Labute approximate surface area is 200 Å². The molecule has 0 bridgehead atoms. The van der Waals surface area contributed by atoms with Crippen molar-refractivity contribution in [3.8, 4) is 17.2 Å². The Kier molecular flexibility index (Phi) is 5.54. The smallest absolute Gasteiger partial charge is 0.231 e. The van der Waals surface area contributed by atoms with E-state index < -0.39 is 5.82 Å². The lowest BCUT2D eigenvalue weighted by Crippen LogP contribution is -2.01. The topological polar surface area (TPSA) is 49.7 Å². The molecule has 0 radical (unpaired) electrons. The van der Waals surface area contributed by atoms with Crippen molar-refractivity contribution in [2.45, 2.75) is 13.5 Å². The second-order valence-corrected chi connectivity index (χ2v) is 8.48. The fraction of sp³-hybridized carbons (Fsp3) is 0.148. The molecule has 1 aliphatic heterocycles. The lowest BCUT2D eigenvalue weighted by atomic mass is 10.1. The van der Waals surface area contributed by atoms with Crippen molar-refractivity contribution >= 4 is 34.4 Å². The zero-order valence-corrected chi connectivity index (χ0v) is 19.6. The van der Waals surface area contributed by atoms with Crippen LogP contribution in [0.5, 0.6) is 17.2 Å². The average Bonchev–Trinajstić information content (AvgIpc) is 3.31. The van der Waals surface area contributed by atoms with Gasteiger partial charge in [-0.3, -0.25) is 4.79 Å². The molecule has 0 saturated carbocycles. The Hall–Kier alpha value is -3.77. The van der Waals surface area contributed by atoms with Gasteiger partial charge < -0.3 is 18.8 Å². The molecule has 0 saturated heterocycles. The van der Waals surface area contributed by atoms with Gasteiger partial charge in [0.1, 0.15) is 29.7 Å². The van der Waals surface area contributed by atoms with Crippen molar-refractivity contribution < 1.29 is 23.4 Å². The number of hydrogen-bond donors (Lipinski definition) is 0. The summed E-state index contributed by atoms with van der Waals surface area (Å²) in [5, 5.41) is 1.24. The zero-order valence-electron chi connectivity index (χ0n) is 18.8. The highest BCUT2D eigenvalue weighted by Gasteiger charge is 2.30. The number of ketones is 1. The Morgan fingerprint density at radius 1 is 1.18 bits per heavy atom. The van der Waals surface area contributed by atoms with Gasteiger partial charge in [0.25, 0.3) is 0 Å². The first kappa shape index (κ1) is 22.0. The van der Waals surface area contributed by atoms with Crippen molar-refractivity contribution in [3.05, 3.63) is 93.6 Å². The summed E-state index contributed by atoms with van der Waals surface area (Å²) in [6.07, 6.45) is 3.68. The molecule has 1 aromatic heterocycles. The molecule has 0 aliphatic carbocycles. The van der Waals surface area contributed by atoms with Gasteiger partial charge in [-0.05, 0) is 55.5 Å². The number of halogens is 2. The molecule has 0 N–H and O–H groups in total. The minimum atomic E-state index is -0.435. The highest BCUT2D eigenvalue weighted by molar-refractivity contribution is 6.31. The molecule has 0 unspecified atom stereocenters.